The van der Waals surface area contributed by atoms with Gasteiger partial charge in [-0.05, 0) is 6.26 Å². The number of thioether (sulfide) groups is 1. The molecule has 1 saturated heterocycles. The first-order chi connectivity index (χ1) is 6.85. The molecule has 0 spiro atoms. The lowest BCUT2D eigenvalue weighted by molar-refractivity contribution is -0.116. The first-order valence-electron chi connectivity index (χ1n) is 4.09. The van der Waals surface area contributed by atoms with E-state index in [1.54, 1.807) is 6.26 Å². The second-order valence-electron chi connectivity index (χ2n) is 3.08. The molecule has 0 aromatic heterocycles. The minimum atomic E-state index is -4.73. The van der Waals surface area contributed by atoms with Crippen molar-refractivity contribution in [1.29, 1.82) is 0 Å². The van der Waals surface area contributed by atoms with E-state index in [4.69, 9.17) is 14.5 Å². The van der Waals surface area contributed by atoms with Gasteiger partial charge in [0.15, 0.2) is 6.29 Å². The smallest absolute Gasteiger partial charge is 0.387 e. The first-order valence-corrected chi connectivity index (χ1v) is 7.02. The number of phosphoric ester groups is 1. The topological polar surface area (TPSA) is 116 Å². The highest BCUT2D eigenvalue weighted by atomic mass is 32.2. The van der Waals surface area contributed by atoms with Crippen LogP contribution in [0.1, 0.15) is 0 Å². The Balaban J connectivity index is 2.59. The minimum Gasteiger partial charge on any atom is -0.387 e. The van der Waals surface area contributed by atoms with Gasteiger partial charge in [-0.25, -0.2) is 4.57 Å². The van der Waals surface area contributed by atoms with Crippen LogP contribution in [0.4, 0.5) is 0 Å². The zero-order chi connectivity index (χ0) is 11.6. The van der Waals surface area contributed by atoms with Crippen molar-refractivity contribution in [2.24, 2.45) is 0 Å². The molecular formula is C6H13O7PS. The molecule has 1 heterocycles. The molecule has 15 heavy (non-hydrogen) atoms. The van der Waals surface area contributed by atoms with Gasteiger partial charge >= 0.3 is 7.82 Å². The molecule has 1 aliphatic rings. The molecule has 0 aromatic carbocycles. The van der Waals surface area contributed by atoms with Gasteiger partial charge in [-0.15, -0.1) is 0 Å². The maximum Gasteiger partial charge on any atom is 0.472 e. The molecule has 1 rings (SSSR count). The van der Waals surface area contributed by atoms with E-state index in [2.05, 4.69) is 4.52 Å². The third kappa shape index (κ3) is 3.69. The zero-order valence-electron chi connectivity index (χ0n) is 7.89. The average Bonchev–Trinajstić information content (AvgIpc) is 2.32. The fourth-order valence-corrected chi connectivity index (χ4v) is 2.29. The van der Waals surface area contributed by atoms with Gasteiger partial charge in [0.25, 0.3) is 0 Å². The van der Waals surface area contributed by atoms with Crippen molar-refractivity contribution < 1.29 is 33.8 Å². The summed E-state index contributed by atoms with van der Waals surface area (Å²) < 4.78 is 19.6. The molecule has 0 aliphatic carbocycles. The van der Waals surface area contributed by atoms with E-state index in [0.717, 1.165) is 0 Å². The minimum absolute atomic E-state index is 0.402. The Morgan fingerprint density at radius 1 is 1.40 bits per heavy atom. The van der Waals surface area contributed by atoms with Crippen molar-refractivity contribution in [3.63, 3.8) is 0 Å². The number of phosphoric acid groups is 1. The van der Waals surface area contributed by atoms with Crippen LogP contribution in [0.2, 0.25) is 0 Å². The molecule has 90 valence electrons. The predicted octanol–water partition coefficient (Wildman–Crippen LogP) is -1.09. The quantitative estimate of drug-likeness (QED) is 0.471. The van der Waals surface area contributed by atoms with Crippen LogP contribution in [0.3, 0.4) is 0 Å². The van der Waals surface area contributed by atoms with Gasteiger partial charge in [0, 0.05) is 5.75 Å². The Bertz CT molecular complexity index is 256. The van der Waals surface area contributed by atoms with Crippen molar-refractivity contribution in [2.75, 3.05) is 12.0 Å². The molecule has 1 fully saturated rings. The summed E-state index contributed by atoms with van der Waals surface area (Å²) in [7, 11) is -4.73. The molecule has 0 amide bonds. The number of ether oxygens (including phenoxy) is 1. The summed E-state index contributed by atoms with van der Waals surface area (Å²) in [5.41, 5.74) is 0. The second kappa shape index (κ2) is 5.11. The monoisotopic (exact) mass is 260 g/mol. The van der Waals surface area contributed by atoms with E-state index in [1.165, 1.54) is 11.8 Å². The summed E-state index contributed by atoms with van der Waals surface area (Å²) in [4.78, 5) is 17.0. The summed E-state index contributed by atoms with van der Waals surface area (Å²) in [5.74, 6) is 0.402. The number of hydrogen-bond acceptors (Lipinski definition) is 6. The van der Waals surface area contributed by atoms with E-state index < -0.39 is 32.4 Å². The van der Waals surface area contributed by atoms with E-state index in [9.17, 15) is 14.8 Å². The van der Waals surface area contributed by atoms with Gasteiger partial charge in [-0.1, -0.05) is 0 Å². The van der Waals surface area contributed by atoms with Crippen LogP contribution in [-0.4, -0.2) is 56.6 Å². The molecule has 1 aliphatic heterocycles. The molecule has 0 aromatic rings. The van der Waals surface area contributed by atoms with Crippen molar-refractivity contribution in [1.82, 2.24) is 0 Å². The summed E-state index contributed by atoms with van der Waals surface area (Å²) in [6.45, 7) is 0. The van der Waals surface area contributed by atoms with Crippen LogP contribution in [0, 0.1) is 0 Å². The first kappa shape index (κ1) is 13.4. The van der Waals surface area contributed by atoms with Crippen molar-refractivity contribution in [2.45, 2.75) is 24.6 Å². The van der Waals surface area contributed by atoms with Crippen molar-refractivity contribution in [3.8, 4) is 0 Å². The lowest BCUT2D eigenvalue weighted by atomic mass is 10.2. The van der Waals surface area contributed by atoms with Gasteiger partial charge in [0.1, 0.15) is 12.2 Å². The third-order valence-corrected chi connectivity index (χ3v) is 3.04. The zero-order valence-corrected chi connectivity index (χ0v) is 9.60. The standard InChI is InChI=1S/C6H13O7PS/c1-15-2-3-4(7)5(8)6(12-3)13-14(9,10)11/h3-8H,2H2,1H3,(H2,9,10,11)/t3-,4-,5-,6-/m1/s1. The fourth-order valence-electron chi connectivity index (χ4n) is 1.24. The highest BCUT2D eigenvalue weighted by Crippen LogP contribution is 2.41. The Labute approximate surface area is 90.6 Å². The number of aliphatic hydroxyl groups excluding tert-OH is 2. The molecule has 0 unspecified atom stereocenters. The maximum atomic E-state index is 10.5. The van der Waals surface area contributed by atoms with Crippen LogP contribution in [0.15, 0.2) is 0 Å². The Hall–Kier alpha value is 0.340. The second-order valence-corrected chi connectivity index (χ2v) is 5.18. The third-order valence-electron chi connectivity index (χ3n) is 1.89. The fraction of sp³-hybridized carbons (Fsp3) is 1.00. The van der Waals surface area contributed by atoms with Crippen molar-refractivity contribution in [3.05, 3.63) is 0 Å². The van der Waals surface area contributed by atoms with Crippen LogP contribution in [0.5, 0.6) is 0 Å². The van der Waals surface area contributed by atoms with Gasteiger partial charge in [0.2, 0.25) is 0 Å². The van der Waals surface area contributed by atoms with Crippen LogP contribution in [0.25, 0.3) is 0 Å². The van der Waals surface area contributed by atoms with Gasteiger partial charge in [-0.2, -0.15) is 11.8 Å². The summed E-state index contributed by atoms with van der Waals surface area (Å²) in [6, 6.07) is 0. The Morgan fingerprint density at radius 2 is 2.00 bits per heavy atom. The summed E-state index contributed by atoms with van der Waals surface area (Å²) in [6.07, 6.45) is -3.05. The lowest BCUT2D eigenvalue weighted by Gasteiger charge is -2.15. The van der Waals surface area contributed by atoms with Gasteiger partial charge < -0.3 is 24.7 Å². The molecule has 4 N–H and O–H groups in total. The normalized spacial score (nSPS) is 37.1. The Kier molecular flexibility index (Phi) is 4.57. The molecule has 0 saturated carbocycles. The molecule has 4 atom stereocenters. The molecule has 0 radical (unpaired) electrons. The van der Waals surface area contributed by atoms with Crippen LogP contribution >= 0.6 is 19.6 Å². The molecular weight excluding hydrogens is 247 g/mol. The lowest BCUT2D eigenvalue weighted by Crippen LogP contribution is -2.33. The Morgan fingerprint density at radius 3 is 2.47 bits per heavy atom. The van der Waals surface area contributed by atoms with E-state index >= 15 is 0 Å². The SMILES string of the molecule is CSC[C@H]1O[C@H](OP(=O)(O)O)[C@H](O)[C@@H]1O. The number of hydrogen-bond donors (Lipinski definition) is 4. The van der Waals surface area contributed by atoms with E-state index in [0.29, 0.717) is 5.75 Å². The molecule has 0 bridgehead atoms. The number of rotatable bonds is 4. The average molecular weight is 260 g/mol. The molecule has 9 heteroatoms. The van der Waals surface area contributed by atoms with E-state index in [-0.39, 0.29) is 0 Å². The summed E-state index contributed by atoms with van der Waals surface area (Å²) >= 11 is 1.38. The highest BCUT2D eigenvalue weighted by Gasteiger charge is 2.45. The number of aliphatic hydroxyl groups is 2. The summed E-state index contributed by atoms with van der Waals surface area (Å²) in [5, 5.41) is 18.8. The maximum absolute atomic E-state index is 10.5. The predicted molar refractivity (Wildman–Crippen MR) is 52.2 cm³/mol. The molecule has 7 nitrogen and oxygen atoms in total. The van der Waals surface area contributed by atoms with Crippen LogP contribution in [-0.2, 0) is 13.8 Å². The van der Waals surface area contributed by atoms with Crippen LogP contribution < -0.4 is 0 Å². The highest BCUT2D eigenvalue weighted by molar-refractivity contribution is 7.98. The van der Waals surface area contributed by atoms with Crippen molar-refractivity contribution >= 4 is 19.6 Å². The largest absolute Gasteiger partial charge is 0.472 e. The van der Waals surface area contributed by atoms with Gasteiger partial charge in [-0.3, -0.25) is 4.52 Å². The van der Waals surface area contributed by atoms with E-state index in [1.807, 2.05) is 0 Å². The van der Waals surface area contributed by atoms with Gasteiger partial charge in [0.05, 0.1) is 6.10 Å².